The van der Waals surface area contributed by atoms with Crippen LogP contribution < -0.4 is 4.74 Å². The van der Waals surface area contributed by atoms with Crippen LogP contribution in [0.15, 0.2) is 12.1 Å². The van der Waals surface area contributed by atoms with Gasteiger partial charge in [-0.1, -0.05) is 12.1 Å². The van der Waals surface area contributed by atoms with Crippen LogP contribution in [0.5, 0.6) is 5.75 Å². The molecule has 1 aromatic rings. The normalized spacial score (nSPS) is 16.4. The lowest BCUT2D eigenvalue weighted by Crippen LogP contribution is -2.11. The van der Waals surface area contributed by atoms with Crippen molar-refractivity contribution < 1.29 is 19.0 Å². The summed E-state index contributed by atoms with van der Waals surface area (Å²) >= 11 is 0. The van der Waals surface area contributed by atoms with Gasteiger partial charge in [-0.15, -0.1) is 0 Å². The molecule has 98 valence electrons. The van der Waals surface area contributed by atoms with Crippen molar-refractivity contribution in [3.8, 4) is 5.75 Å². The van der Waals surface area contributed by atoms with Crippen LogP contribution in [-0.2, 0) is 4.79 Å². The van der Waals surface area contributed by atoms with Crippen LogP contribution in [0.2, 0.25) is 0 Å². The molecule has 0 aromatic heterocycles. The van der Waals surface area contributed by atoms with E-state index in [9.17, 15) is 9.18 Å². The Hall–Kier alpha value is -1.58. The van der Waals surface area contributed by atoms with Gasteiger partial charge in [0, 0.05) is 11.5 Å². The second-order valence-corrected chi connectivity index (χ2v) is 4.86. The molecule has 1 saturated carbocycles. The molecule has 1 unspecified atom stereocenters. The minimum atomic E-state index is -0.852. The SMILES string of the molecule is COc1c(C(CC(=O)O)C2CC2)ccc(C)c1F. The number of methoxy groups -OCH3 is 1. The largest absolute Gasteiger partial charge is 0.493 e. The summed E-state index contributed by atoms with van der Waals surface area (Å²) in [5, 5.41) is 8.97. The minimum absolute atomic E-state index is 0.0313. The Morgan fingerprint density at radius 1 is 1.56 bits per heavy atom. The Morgan fingerprint density at radius 3 is 2.72 bits per heavy atom. The number of carboxylic acid groups (broad SMARTS) is 1. The number of hydrogen-bond acceptors (Lipinski definition) is 2. The molecule has 0 bridgehead atoms. The number of hydrogen-bond donors (Lipinski definition) is 1. The van der Waals surface area contributed by atoms with Gasteiger partial charge in [-0.3, -0.25) is 4.79 Å². The minimum Gasteiger partial charge on any atom is -0.493 e. The van der Waals surface area contributed by atoms with Crippen LogP contribution in [0, 0.1) is 18.7 Å². The van der Waals surface area contributed by atoms with Gasteiger partial charge in [-0.2, -0.15) is 0 Å². The van der Waals surface area contributed by atoms with E-state index in [0.717, 1.165) is 12.8 Å². The van der Waals surface area contributed by atoms with E-state index >= 15 is 0 Å². The number of benzene rings is 1. The highest BCUT2D eigenvalue weighted by atomic mass is 19.1. The van der Waals surface area contributed by atoms with Crippen LogP contribution in [0.25, 0.3) is 0 Å². The molecule has 0 saturated heterocycles. The van der Waals surface area contributed by atoms with Gasteiger partial charge in [0.25, 0.3) is 0 Å². The van der Waals surface area contributed by atoms with Gasteiger partial charge in [0.1, 0.15) is 0 Å². The molecule has 1 N–H and O–H groups in total. The number of aliphatic carboxylic acids is 1. The molecule has 1 aliphatic carbocycles. The Kier molecular flexibility index (Phi) is 3.55. The summed E-state index contributed by atoms with van der Waals surface area (Å²) in [5.41, 5.74) is 1.20. The Bertz CT molecular complexity index is 466. The van der Waals surface area contributed by atoms with Crippen LogP contribution in [0.4, 0.5) is 4.39 Å². The van der Waals surface area contributed by atoms with Crippen LogP contribution in [0.3, 0.4) is 0 Å². The molecule has 1 atom stereocenters. The number of ether oxygens (including phenoxy) is 1. The van der Waals surface area contributed by atoms with E-state index in [1.807, 2.05) is 0 Å². The molecular weight excluding hydrogens is 235 g/mol. The molecule has 0 amide bonds. The van der Waals surface area contributed by atoms with Crippen molar-refractivity contribution in [1.29, 1.82) is 0 Å². The van der Waals surface area contributed by atoms with Gasteiger partial charge in [-0.25, -0.2) is 4.39 Å². The summed E-state index contributed by atoms with van der Waals surface area (Å²) in [6.07, 6.45) is 2.05. The van der Waals surface area contributed by atoms with E-state index in [-0.39, 0.29) is 23.9 Å². The highest BCUT2D eigenvalue weighted by molar-refractivity contribution is 5.68. The molecule has 0 heterocycles. The second kappa shape index (κ2) is 4.96. The quantitative estimate of drug-likeness (QED) is 0.875. The van der Waals surface area contributed by atoms with E-state index in [1.165, 1.54) is 7.11 Å². The van der Waals surface area contributed by atoms with Crippen molar-refractivity contribution in [1.82, 2.24) is 0 Å². The zero-order valence-electron chi connectivity index (χ0n) is 10.6. The summed E-state index contributed by atoms with van der Waals surface area (Å²) < 4.78 is 19.1. The number of rotatable bonds is 5. The molecular formula is C14H17FO3. The molecule has 1 fully saturated rings. The third-order valence-corrected chi connectivity index (χ3v) is 3.51. The fourth-order valence-electron chi connectivity index (χ4n) is 2.39. The number of halogens is 1. The fourth-order valence-corrected chi connectivity index (χ4v) is 2.39. The van der Waals surface area contributed by atoms with Gasteiger partial charge in [0.15, 0.2) is 11.6 Å². The average molecular weight is 252 g/mol. The van der Waals surface area contributed by atoms with Crippen LogP contribution in [0.1, 0.15) is 36.3 Å². The van der Waals surface area contributed by atoms with E-state index < -0.39 is 5.97 Å². The van der Waals surface area contributed by atoms with E-state index in [2.05, 4.69) is 0 Å². The summed E-state index contributed by atoms with van der Waals surface area (Å²) in [5.74, 6) is -0.834. The predicted octanol–water partition coefficient (Wildman–Crippen LogP) is 3.11. The molecule has 0 radical (unpaired) electrons. The van der Waals surface area contributed by atoms with Gasteiger partial charge >= 0.3 is 5.97 Å². The lowest BCUT2D eigenvalue weighted by atomic mass is 9.89. The standard InChI is InChI=1S/C14H17FO3/c1-8-3-6-10(14(18-2)13(8)15)11(7-12(16)17)9-4-5-9/h3,6,9,11H,4-5,7H2,1-2H3,(H,16,17). The van der Waals surface area contributed by atoms with Gasteiger partial charge in [-0.05, 0) is 31.2 Å². The summed E-state index contributed by atoms with van der Waals surface area (Å²) in [6.45, 7) is 1.67. The third kappa shape index (κ3) is 2.47. The molecule has 3 nitrogen and oxygen atoms in total. The van der Waals surface area contributed by atoms with Gasteiger partial charge in [0.05, 0.1) is 13.5 Å². The highest BCUT2D eigenvalue weighted by Crippen LogP contribution is 2.47. The first kappa shape index (κ1) is 12.9. The first-order valence-electron chi connectivity index (χ1n) is 6.09. The molecule has 1 aliphatic rings. The zero-order chi connectivity index (χ0) is 13.3. The summed E-state index contributed by atoms with van der Waals surface area (Å²) in [4.78, 5) is 10.9. The molecule has 1 aromatic carbocycles. The molecule has 0 aliphatic heterocycles. The van der Waals surface area contributed by atoms with Crippen molar-refractivity contribution >= 4 is 5.97 Å². The molecule has 18 heavy (non-hydrogen) atoms. The first-order valence-corrected chi connectivity index (χ1v) is 6.09. The maximum Gasteiger partial charge on any atom is 0.303 e. The Balaban J connectivity index is 2.40. The van der Waals surface area contributed by atoms with Crippen LogP contribution >= 0.6 is 0 Å². The van der Waals surface area contributed by atoms with Crippen molar-refractivity contribution in [3.63, 3.8) is 0 Å². The Labute approximate surface area is 106 Å². The highest BCUT2D eigenvalue weighted by Gasteiger charge is 2.36. The zero-order valence-corrected chi connectivity index (χ0v) is 10.6. The van der Waals surface area contributed by atoms with Gasteiger partial charge < -0.3 is 9.84 Å². The lowest BCUT2D eigenvalue weighted by Gasteiger charge is -2.19. The van der Waals surface area contributed by atoms with Crippen molar-refractivity contribution in [2.24, 2.45) is 5.92 Å². The average Bonchev–Trinajstić information content (AvgIpc) is 3.13. The second-order valence-electron chi connectivity index (χ2n) is 4.86. The molecule has 4 heteroatoms. The Morgan fingerprint density at radius 2 is 2.22 bits per heavy atom. The lowest BCUT2D eigenvalue weighted by molar-refractivity contribution is -0.137. The fraction of sp³-hybridized carbons (Fsp3) is 0.500. The number of aryl methyl sites for hydroxylation is 1. The first-order chi connectivity index (χ1) is 8.54. The van der Waals surface area contributed by atoms with Crippen molar-refractivity contribution in [2.45, 2.75) is 32.1 Å². The smallest absolute Gasteiger partial charge is 0.303 e. The predicted molar refractivity (Wildman–Crippen MR) is 65.4 cm³/mol. The van der Waals surface area contributed by atoms with E-state index in [1.54, 1.807) is 19.1 Å². The summed E-state index contributed by atoms with van der Waals surface area (Å²) in [6, 6.07) is 3.48. The topological polar surface area (TPSA) is 46.5 Å². The van der Waals surface area contributed by atoms with E-state index in [0.29, 0.717) is 17.0 Å². The maximum atomic E-state index is 14.0. The monoisotopic (exact) mass is 252 g/mol. The molecule has 2 rings (SSSR count). The van der Waals surface area contributed by atoms with Crippen molar-refractivity contribution in [2.75, 3.05) is 7.11 Å². The summed E-state index contributed by atoms with van der Waals surface area (Å²) in [7, 11) is 1.42. The van der Waals surface area contributed by atoms with Crippen molar-refractivity contribution in [3.05, 3.63) is 29.1 Å². The maximum absolute atomic E-state index is 14.0. The number of carbonyl (C=O) groups is 1. The van der Waals surface area contributed by atoms with Crippen LogP contribution in [-0.4, -0.2) is 18.2 Å². The molecule has 0 spiro atoms. The van der Waals surface area contributed by atoms with Gasteiger partial charge in [0.2, 0.25) is 0 Å². The van der Waals surface area contributed by atoms with E-state index in [4.69, 9.17) is 9.84 Å². The third-order valence-electron chi connectivity index (χ3n) is 3.51. The number of carboxylic acids is 1.